The Morgan fingerprint density at radius 1 is 1.07 bits per heavy atom. The molecule has 0 bridgehead atoms. The minimum atomic E-state index is -0.448. The third-order valence-electron chi connectivity index (χ3n) is 4.57. The molecule has 2 amide bonds. The van der Waals surface area contributed by atoms with Crippen molar-refractivity contribution >= 4 is 23.3 Å². The lowest BCUT2D eigenvalue weighted by molar-refractivity contribution is -0.118. The second kappa shape index (κ2) is 9.17. The molecule has 0 spiro atoms. The second-order valence-corrected chi connectivity index (χ2v) is 6.54. The monoisotopic (exact) mass is 412 g/mol. The number of hydrogen-bond acceptors (Lipinski definition) is 7. The van der Waals surface area contributed by atoms with Crippen LogP contribution in [0.4, 0.5) is 5.69 Å². The van der Waals surface area contributed by atoms with Gasteiger partial charge in [0.05, 0.1) is 27.0 Å². The zero-order valence-electron chi connectivity index (χ0n) is 17.3. The highest BCUT2D eigenvalue weighted by Crippen LogP contribution is 2.34. The Labute approximate surface area is 174 Å². The van der Waals surface area contributed by atoms with E-state index in [1.54, 1.807) is 24.3 Å². The van der Waals surface area contributed by atoms with Crippen LogP contribution in [-0.2, 0) is 16.1 Å². The minimum absolute atomic E-state index is 0.0506. The quantitative estimate of drug-likeness (QED) is 0.716. The number of nitrogens with one attached hydrogen (secondary N) is 2. The molecule has 0 aromatic heterocycles. The predicted molar refractivity (Wildman–Crippen MR) is 112 cm³/mol. The van der Waals surface area contributed by atoms with Crippen LogP contribution in [0.1, 0.15) is 11.1 Å². The van der Waals surface area contributed by atoms with E-state index in [2.05, 4.69) is 15.7 Å². The van der Waals surface area contributed by atoms with E-state index in [0.29, 0.717) is 28.5 Å². The van der Waals surface area contributed by atoms with Crippen molar-refractivity contribution in [2.75, 3.05) is 32.9 Å². The van der Waals surface area contributed by atoms with E-state index in [4.69, 9.17) is 14.2 Å². The molecule has 158 valence electrons. The highest BCUT2D eigenvalue weighted by atomic mass is 16.5. The Hall–Kier alpha value is -3.75. The van der Waals surface area contributed by atoms with Crippen LogP contribution in [0.2, 0.25) is 0 Å². The van der Waals surface area contributed by atoms with Crippen LogP contribution in [0.25, 0.3) is 0 Å². The molecule has 0 atom stereocenters. The molecule has 9 nitrogen and oxygen atoms in total. The number of benzene rings is 2. The van der Waals surface area contributed by atoms with E-state index in [-0.39, 0.29) is 24.8 Å². The third-order valence-corrected chi connectivity index (χ3v) is 4.57. The van der Waals surface area contributed by atoms with Crippen molar-refractivity contribution in [1.82, 2.24) is 10.7 Å². The standard InChI is InChI=1S/C21H24N4O5/c1-13-5-7-15(8-6-13)25-19(26)12-22-20(24-25)21(27)23-11-14-9-17(29-3)18(30-4)10-16(14)28-2/h5-10H,11-12H2,1-4H3,(H,22,24)(H,23,27). The molecule has 1 heterocycles. The summed E-state index contributed by atoms with van der Waals surface area (Å²) in [5, 5.41) is 4.10. The van der Waals surface area contributed by atoms with Crippen LogP contribution in [0.3, 0.4) is 0 Å². The van der Waals surface area contributed by atoms with Crippen molar-refractivity contribution < 1.29 is 23.8 Å². The van der Waals surface area contributed by atoms with Crippen molar-refractivity contribution in [3.05, 3.63) is 47.5 Å². The van der Waals surface area contributed by atoms with Gasteiger partial charge in [-0.2, -0.15) is 0 Å². The van der Waals surface area contributed by atoms with Crippen LogP contribution in [0, 0.1) is 6.92 Å². The molecule has 2 aromatic rings. The van der Waals surface area contributed by atoms with Crippen LogP contribution in [-0.4, -0.2) is 45.5 Å². The zero-order chi connectivity index (χ0) is 21.7. The summed E-state index contributed by atoms with van der Waals surface area (Å²) in [5.74, 6) is 0.938. The van der Waals surface area contributed by atoms with Crippen molar-refractivity contribution in [3.8, 4) is 17.2 Å². The Morgan fingerprint density at radius 3 is 2.33 bits per heavy atom. The first-order chi connectivity index (χ1) is 14.5. The number of rotatable bonds is 7. The minimum Gasteiger partial charge on any atom is -0.496 e. The molecule has 0 radical (unpaired) electrons. The number of nitrogens with zero attached hydrogens (tertiary/aromatic N) is 2. The molecular formula is C21H24N4O5. The number of amides is 2. The molecule has 30 heavy (non-hydrogen) atoms. The van der Waals surface area contributed by atoms with E-state index < -0.39 is 5.91 Å². The molecule has 0 unspecified atom stereocenters. The van der Waals surface area contributed by atoms with E-state index in [1.807, 2.05) is 19.1 Å². The maximum atomic E-state index is 12.6. The maximum Gasteiger partial charge on any atom is 0.288 e. The number of methoxy groups -OCH3 is 3. The first-order valence-electron chi connectivity index (χ1n) is 9.24. The number of ether oxygens (including phenoxy) is 3. The lowest BCUT2D eigenvalue weighted by Crippen LogP contribution is -2.55. The molecule has 0 fully saturated rings. The normalized spacial score (nSPS) is 13.3. The number of amidine groups is 1. The summed E-state index contributed by atoms with van der Waals surface area (Å²) in [7, 11) is 4.60. The smallest absolute Gasteiger partial charge is 0.288 e. The Kier molecular flexibility index (Phi) is 6.41. The lowest BCUT2D eigenvalue weighted by atomic mass is 10.1. The van der Waals surface area contributed by atoms with Crippen LogP contribution in [0.15, 0.2) is 41.4 Å². The summed E-state index contributed by atoms with van der Waals surface area (Å²) in [6.45, 7) is 2.00. The summed E-state index contributed by atoms with van der Waals surface area (Å²) >= 11 is 0. The van der Waals surface area contributed by atoms with Gasteiger partial charge >= 0.3 is 0 Å². The summed E-state index contributed by atoms with van der Waals surface area (Å²) in [5.41, 5.74) is 5.19. The Balaban J connectivity index is 1.72. The maximum absolute atomic E-state index is 12.6. The van der Waals surface area contributed by atoms with E-state index in [9.17, 15) is 9.59 Å². The van der Waals surface area contributed by atoms with Gasteiger partial charge in [-0.05, 0) is 25.1 Å². The first kappa shape index (κ1) is 21.0. The first-order valence-corrected chi connectivity index (χ1v) is 9.24. The highest BCUT2D eigenvalue weighted by Gasteiger charge is 2.25. The van der Waals surface area contributed by atoms with Gasteiger partial charge in [0.1, 0.15) is 12.3 Å². The van der Waals surface area contributed by atoms with Gasteiger partial charge in [-0.15, -0.1) is 0 Å². The molecule has 0 saturated heterocycles. The van der Waals surface area contributed by atoms with Crippen LogP contribution < -0.4 is 30.0 Å². The Morgan fingerprint density at radius 2 is 1.70 bits per heavy atom. The molecule has 1 aliphatic rings. The van der Waals surface area contributed by atoms with Gasteiger partial charge in [0.2, 0.25) is 5.84 Å². The van der Waals surface area contributed by atoms with E-state index >= 15 is 0 Å². The number of carbonyl (C=O) groups excluding carboxylic acids is 2. The van der Waals surface area contributed by atoms with Crippen LogP contribution in [0.5, 0.6) is 17.2 Å². The fourth-order valence-electron chi connectivity index (χ4n) is 2.94. The predicted octanol–water partition coefficient (Wildman–Crippen LogP) is 1.59. The van der Waals surface area contributed by atoms with Crippen molar-refractivity contribution in [2.45, 2.75) is 13.5 Å². The molecule has 3 rings (SSSR count). The van der Waals surface area contributed by atoms with Gasteiger partial charge in [-0.3, -0.25) is 20.0 Å². The molecule has 2 aromatic carbocycles. The van der Waals surface area contributed by atoms with Crippen LogP contribution >= 0.6 is 0 Å². The van der Waals surface area contributed by atoms with Crippen molar-refractivity contribution in [3.63, 3.8) is 0 Å². The Bertz CT molecular complexity index is 972. The van der Waals surface area contributed by atoms with Gasteiger partial charge < -0.3 is 19.5 Å². The average Bonchev–Trinajstić information content (AvgIpc) is 2.77. The van der Waals surface area contributed by atoms with Gasteiger partial charge in [-0.1, -0.05) is 17.7 Å². The number of carbonyl (C=O) groups is 2. The number of hydrogen-bond donors (Lipinski definition) is 2. The van der Waals surface area contributed by atoms with Gasteiger partial charge in [-0.25, -0.2) is 5.01 Å². The zero-order valence-corrected chi connectivity index (χ0v) is 17.3. The molecule has 1 aliphatic heterocycles. The number of aryl methyl sites for hydroxylation is 1. The summed E-state index contributed by atoms with van der Waals surface area (Å²) < 4.78 is 16.0. The molecule has 9 heteroatoms. The summed E-state index contributed by atoms with van der Waals surface area (Å²) in [6, 6.07) is 10.8. The SMILES string of the molecule is COc1cc(OC)c(OC)cc1CNC(=O)C1=NCC(=O)N(c2ccc(C)cc2)N1. The second-order valence-electron chi connectivity index (χ2n) is 6.54. The fourth-order valence-corrected chi connectivity index (χ4v) is 2.94. The molecule has 0 aliphatic carbocycles. The third kappa shape index (κ3) is 4.45. The topological polar surface area (TPSA) is 101 Å². The molecule has 0 saturated carbocycles. The van der Waals surface area contributed by atoms with Gasteiger partial charge in [0, 0.05) is 18.2 Å². The highest BCUT2D eigenvalue weighted by molar-refractivity contribution is 6.39. The van der Waals surface area contributed by atoms with Crippen molar-refractivity contribution in [1.29, 1.82) is 0 Å². The lowest BCUT2D eigenvalue weighted by Gasteiger charge is -2.27. The van der Waals surface area contributed by atoms with Gasteiger partial charge in [0.25, 0.3) is 11.8 Å². The summed E-state index contributed by atoms with van der Waals surface area (Å²) in [4.78, 5) is 28.9. The van der Waals surface area contributed by atoms with E-state index in [1.165, 1.54) is 26.3 Å². The summed E-state index contributed by atoms with van der Waals surface area (Å²) in [6.07, 6.45) is 0. The van der Waals surface area contributed by atoms with Gasteiger partial charge in [0.15, 0.2) is 11.5 Å². The largest absolute Gasteiger partial charge is 0.496 e. The van der Waals surface area contributed by atoms with Crippen molar-refractivity contribution in [2.24, 2.45) is 4.99 Å². The number of anilines is 1. The molecular weight excluding hydrogens is 388 g/mol. The average molecular weight is 412 g/mol. The fraction of sp³-hybridized carbons (Fsp3) is 0.286. The number of aliphatic imine (C=N–C) groups is 1. The number of hydrazine groups is 1. The van der Waals surface area contributed by atoms with E-state index in [0.717, 1.165) is 5.56 Å². The molecule has 2 N–H and O–H groups in total.